The van der Waals surface area contributed by atoms with Crippen LogP contribution in [0.25, 0.3) is 11.2 Å². The number of amides is 3. The van der Waals surface area contributed by atoms with Crippen molar-refractivity contribution in [3.63, 3.8) is 0 Å². The van der Waals surface area contributed by atoms with E-state index >= 15 is 0 Å². The van der Waals surface area contributed by atoms with E-state index in [4.69, 9.17) is 19.3 Å². The summed E-state index contributed by atoms with van der Waals surface area (Å²) >= 11 is 0. The molecular weight excluding hydrogens is 520 g/mol. The van der Waals surface area contributed by atoms with E-state index in [9.17, 15) is 18.0 Å². The van der Waals surface area contributed by atoms with Crippen LogP contribution in [0, 0.1) is 0 Å². The molecule has 0 bridgehead atoms. The number of carbonyl (C=O) groups excluding carboxylic acids is 2. The third-order valence-corrected chi connectivity index (χ3v) is 6.83. The van der Waals surface area contributed by atoms with Gasteiger partial charge in [0, 0.05) is 12.2 Å². The Hall–Kier alpha value is -3.70. The zero-order chi connectivity index (χ0) is 27.2. The number of imidazole rings is 1. The highest BCUT2D eigenvalue weighted by Gasteiger charge is 2.58. The Morgan fingerprint density at radius 3 is 2.63 bits per heavy atom. The van der Waals surface area contributed by atoms with Gasteiger partial charge in [-0.2, -0.15) is 0 Å². The molecule has 3 amide bonds. The number of aromatic nitrogens is 4. The quantitative estimate of drug-likeness (QED) is 0.340. The molecule has 2 aliphatic heterocycles. The lowest BCUT2D eigenvalue weighted by Crippen LogP contribution is -2.42. The number of urea groups is 1. The normalized spacial score (nSPS) is 24.2. The number of likely N-dealkylation sites (N-methyl/N-ethyl adjacent to an activating group) is 1. The summed E-state index contributed by atoms with van der Waals surface area (Å²) in [6, 6.07) is 4.78. The highest BCUT2D eigenvalue weighted by atomic mass is 32.2. The summed E-state index contributed by atoms with van der Waals surface area (Å²) in [5.74, 6) is -1.16. The average molecular weight is 547 g/mol. The molecular formula is C22H26N8O7S. The molecule has 5 rings (SSSR count). The summed E-state index contributed by atoms with van der Waals surface area (Å²) in [5.41, 5.74) is 0.772. The summed E-state index contributed by atoms with van der Waals surface area (Å²) in [5, 5.41) is 13.0. The smallest absolute Gasteiger partial charge is 0.324 e. The molecule has 0 aliphatic carbocycles. The number of fused-ring (bicyclic) bond motifs is 2. The first-order valence-corrected chi connectivity index (χ1v) is 13.2. The molecule has 2 fully saturated rings. The Kier molecular flexibility index (Phi) is 6.52. The van der Waals surface area contributed by atoms with Crippen molar-refractivity contribution < 1.29 is 32.2 Å². The van der Waals surface area contributed by atoms with E-state index in [1.54, 1.807) is 25.3 Å². The number of ether oxygens (including phenoxy) is 3. The van der Waals surface area contributed by atoms with E-state index in [-0.39, 0.29) is 27.8 Å². The minimum Gasteiger partial charge on any atom is -0.354 e. The van der Waals surface area contributed by atoms with Crippen LogP contribution in [-0.2, 0) is 29.0 Å². The summed E-state index contributed by atoms with van der Waals surface area (Å²) in [7, 11) is -3.94. The molecule has 4 atom stereocenters. The van der Waals surface area contributed by atoms with Gasteiger partial charge in [-0.25, -0.2) is 33.3 Å². The number of carbonyl (C=O) groups is 2. The van der Waals surface area contributed by atoms with Crippen LogP contribution in [0.1, 0.15) is 27.0 Å². The SMILES string of the molecule is CCNC(=O)[C@H]1O[C@@H](n2cnc3c(NC(=O)Nc4cccc(S(N)(=O)=O)c4)ncnc32)[C@@H]2OC(C)(C)O[C@@H]21. The van der Waals surface area contributed by atoms with Crippen molar-refractivity contribution in [3.05, 3.63) is 36.9 Å². The number of primary sulfonamides is 1. The topological polar surface area (TPSA) is 202 Å². The Balaban J connectivity index is 1.39. The van der Waals surface area contributed by atoms with Crippen molar-refractivity contribution in [2.75, 3.05) is 17.2 Å². The van der Waals surface area contributed by atoms with E-state index in [0.29, 0.717) is 12.2 Å². The molecule has 1 aromatic carbocycles. The molecule has 2 aromatic heterocycles. The molecule has 4 heterocycles. The summed E-state index contributed by atoms with van der Waals surface area (Å²) in [6.45, 7) is 5.74. The van der Waals surface area contributed by atoms with E-state index in [1.165, 1.54) is 36.9 Å². The number of anilines is 2. The van der Waals surface area contributed by atoms with Gasteiger partial charge in [0.25, 0.3) is 5.91 Å². The molecule has 0 unspecified atom stereocenters. The predicted molar refractivity (Wildman–Crippen MR) is 132 cm³/mol. The van der Waals surface area contributed by atoms with Crippen molar-refractivity contribution in [3.8, 4) is 0 Å². The van der Waals surface area contributed by atoms with Crippen LogP contribution in [0.15, 0.2) is 41.8 Å². The van der Waals surface area contributed by atoms with Gasteiger partial charge in [-0.1, -0.05) is 6.07 Å². The second-order valence-electron chi connectivity index (χ2n) is 9.10. The number of benzene rings is 1. The lowest BCUT2D eigenvalue weighted by molar-refractivity contribution is -0.197. The summed E-state index contributed by atoms with van der Waals surface area (Å²) < 4.78 is 42.9. The minimum atomic E-state index is -3.94. The monoisotopic (exact) mass is 546 g/mol. The van der Waals surface area contributed by atoms with Crippen LogP contribution < -0.4 is 21.1 Å². The van der Waals surface area contributed by atoms with Gasteiger partial charge < -0.3 is 24.8 Å². The van der Waals surface area contributed by atoms with Crippen LogP contribution in [0.3, 0.4) is 0 Å². The lowest BCUT2D eigenvalue weighted by atomic mass is 10.1. The maximum Gasteiger partial charge on any atom is 0.324 e. The lowest BCUT2D eigenvalue weighted by Gasteiger charge is -2.24. The first-order valence-electron chi connectivity index (χ1n) is 11.6. The molecule has 16 heteroatoms. The Labute approximate surface area is 217 Å². The summed E-state index contributed by atoms with van der Waals surface area (Å²) in [6.07, 6.45) is -0.303. The molecule has 0 saturated carbocycles. The summed E-state index contributed by atoms with van der Waals surface area (Å²) in [4.78, 5) is 37.9. The standard InChI is InChI=1S/C22H26N8O7S/c1-4-24-19(31)15-14-16(37-22(2,3)36-14)20(35-15)30-10-27-13-17(25-9-26-18(13)30)29-21(32)28-11-6-5-7-12(8-11)38(23,33)34/h5-10,14-16,20H,4H2,1-3H3,(H,24,31)(H2,23,33,34)(H2,25,26,28,29,32)/t14-,15+,16-,20-/m1/s1. The zero-order valence-electron chi connectivity index (χ0n) is 20.6. The van der Waals surface area contributed by atoms with E-state index < -0.39 is 46.4 Å². The number of nitrogens with zero attached hydrogens (tertiary/aromatic N) is 4. The second kappa shape index (κ2) is 9.55. The van der Waals surface area contributed by atoms with Crippen LogP contribution in [0.5, 0.6) is 0 Å². The molecule has 202 valence electrons. The van der Waals surface area contributed by atoms with E-state index in [2.05, 4.69) is 30.9 Å². The first kappa shape index (κ1) is 25.9. The molecule has 5 N–H and O–H groups in total. The number of nitrogens with one attached hydrogen (secondary N) is 3. The molecule has 3 aromatic rings. The molecule has 2 saturated heterocycles. The van der Waals surface area contributed by atoms with Crippen LogP contribution in [0.2, 0.25) is 0 Å². The zero-order valence-corrected chi connectivity index (χ0v) is 21.4. The van der Waals surface area contributed by atoms with Crippen molar-refractivity contribution in [1.29, 1.82) is 0 Å². The van der Waals surface area contributed by atoms with Gasteiger partial charge in [0.05, 0.1) is 11.2 Å². The van der Waals surface area contributed by atoms with Gasteiger partial charge in [-0.15, -0.1) is 0 Å². The third kappa shape index (κ3) is 4.91. The van der Waals surface area contributed by atoms with Gasteiger partial charge >= 0.3 is 6.03 Å². The van der Waals surface area contributed by atoms with E-state index in [1.807, 2.05) is 0 Å². The highest BCUT2D eigenvalue weighted by molar-refractivity contribution is 7.89. The van der Waals surface area contributed by atoms with Crippen molar-refractivity contribution in [2.45, 2.75) is 56.0 Å². The van der Waals surface area contributed by atoms with Crippen LogP contribution >= 0.6 is 0 Å². The minimum absolute atomic E-state index is 0.0904. The molecule has 2 aliphatic rings. The Bertz CT molecular complexity index is 1510. The van der Waals surface area contributed by atoms with Crippen LogP contribution in [-0.4, -0.2) is 70.5 Å². The van der Waals surface area contributed by atoms with Gasteiger partial charge in [0.1, 0.15) is 18.5 Å². The number of rotatable bonds is 6. The Morgan fingerprint density at radius 2 is 1.89 bits per heavy atom. The van der Waals surface area contributed by atoms with E-state index in [0.717, 1.165) is 0 Å². The second-order valence-corrected chi connectivity index (χ2v) is 10.7. The molecule has 15 nitrogen and oxygen atoms in total. The van der Waals surface area contributed by atoms with Crippen molar-refractivity contribution >= 4 is 44.6 Å². The van der Waals surface area contributed by atoms with Crippen molar-refractivity contribution in [1.82, 2.24) is 24.8 Å². The number of sulfonamides is 1. The molecule has 0 spiro atoms. The maximum absolute atomic E-state index is 12.7. The Morgan fingerprint density at radius 1 is 1.13 bits per heavy atom. The number of nitrogens with two attached hydrogens (primary N) is 1. The number of hydrogen-bond donors (Lipinski definition) is 4. The fourth-order valence-electron chi connectivity index (χ4n) is 4.44. The predicted octanol–water partition coefficient (Wildman–Crippen LogP) is 0.671. The maximum atomic E-state index is 12.7. The third-order valence-electron chi connectivity index (χ3n) is 5.92. The molecule has 0 radical (unpaired) electrons. The highest BCUT2D eigenvalue weighted by Crippen LogP contribution is 2.44. The van der Waals surface area contributed by atoms with Gasteiger partial charge in [0.2, 0.25) is 10.0 Å². The van der Waals surface area contributed by atoms with Crippen molar-refractivity contribution in [2.24, 2.45) is 5.14 Å². The number of hydrogen-bond acceptors (Lipinski definition) is 10. The largest absolute Gasteiger partial charge is 0.354 e. The average Bonchev–Trinajstić information content (AvgIpc) is 3.50. The fourth-order valence-corrected chi connectivity index (χ4v) is 5.00. The first-order chi connectivity index (χ1) is 18.0. The molecule has 38 heavy (non-hydrogen) atoms. The van der Waals surface area contributed by atoms with Gasteiger partial charge in [-0.05, 0) is 39.0 Å². The van der Waals surface area contributed by atoms with Gasteiger partial charge in [-0.3, -0.25) is 14.7 Å². The van der Waals surface area contributed by atoms with Crippen LogP contribution in [0.4, 0.5) is 16.3 Å². The van der Waals surface area contributed by atoms with Gasteiger partial charge in [0.15, 0.2) is 35.1 Å². The fraction of sp³-hybridized carbons (Fsp3) is 0.409.